The van der Waals surface area contributed by atoms with Gasteiger partial charge in [-0.1, -0.05) is 79.7 Å². The molecular formula is C25H23NO. The van der Waals surface area contributed by atoms with Gasteiger partial charge in [-0.2, -0.15) is 0 Å². The molecule has 0 heterocycles. The van der Waals surface area contributed by atoms with Crippen molar-refractivity contribution in [3.63, 3.8) is 0 Å². The minimum Gasteiger partial charge on any atom is -0.487 e. The Labute approximate surface area is 160 Å². The first kappa shape index (κ1) is 17.2. The van der Waals surface area contributed by atoms with Gasteiger partial charge in [0.1, 0.15) is 12.4 Å². The molecule has 2 N–H and O–H groups in total. The van der Waals surface area contributed by atoms with E-state index in [-0.39, 0.29) is 5.92 Å². The van der Waals surface area contributed by atoms with E-state index in [1.54, 1.807) is 0 Å². The molecule has 0 saturated heterocycles. The van der Waals surface area contributed by atoms with Crippen molar-refractivity contribution in [3.05, 3.63) is 108 Å². The summed E-state index contributed by atoms with van der Waals surface area (Å²) in [6.45, 7) is 2.74. The SMILES string of the molecule is CC(c1ccccc1)c1cc2ccccc2cc1COc1ccccc1N. The minimum atomic E-state index is 0.280. The van der Waals surface area contributed by atoms with Gasteiger partial charge in [0.25, 0.3) is 0 Å². The number of benzene rings is 4. The number of fused-ring (bicyclic) bond motifs is 1. The Morgan fingerprint density at radius 2 is 1.41 bits per heavy atom. The third kappa shape index (κ3) is 3.65. The van der Waals surface area contributed by atoms with Gasteiger partial charge in [-0.3, -0.25) is 0 Å². The van der Waals surface area contributed by atoms with Gasteiger partial charge in [-0.15, -0.1) is 0 Å². The van der Waals surface area contributed by atoms with E-state index in [0.717, 1.165) is 5.75 Å². The van der Waals surface area contributed by atoms with Crippen LogP contribution in [0, 0.1) is 0 Å². The highest BCUT2D eigenvalue weighted by molar-refractivity contribution is 5.84. The van der Waals surface area contributed by atoms with E-state index < -0.39 is 0 Å². The lowest BCUT2D eigenvalue weighted by Crippen LogP contribution is -2.06. The van der Waals surface area contributed by atoms with E-state index in [1.165, 1.54) is 27.5 Å². The number of para-hydroxylation sites is 2. The van der Waals surface area contributed by atoms with Gasteiger partial charge < -0.3 is 10.5 Å². The lowest BCUT2D eigenvalue weighted by Gasteiger charge is -2.19. The van der Waals surface area contributed by atoms with Crippen molar-refractivity contribution in [3.8, 4) is 5.75 Å². The van der Waals surface area contributed by atoms with Gasteiger partial charge in [0, 0.05) is 5.92 Å². The second-order valence-corrected chi connectivity index (χ2v) is 6.86. The molecule has 0 fully saturated rings. The van der Waals surface area contributed by atoms with Gasteiger partial charge in [0.2, 0.25) is 0 Å². The van der Waals surface area contributed by atoms with Crippen molar-refractivity contribution in [1.29, 1.82) is 0 Å². The normalized spacial score (nSPS) is 12.0. The van der Waals surface area contributed by atoms with E-state index >= 15 is 0 Å². The Morgan fingerprint density at radius 3 is 2.15 bits per heavy atom. The molecule has 4 aromatic carbocycles. The summed E-state index contributed by atoms with van der Waals surface area (Å²) in [6.07, 6.45) is 0. The lowest BCUT2D eigenvalue weighted by molar-refractivity contribution is 0.306. The van der Waals surface area contributed by atoms with Gasteiger partial charge in [0.05, 0.1) is 5.69 Å². The van der Waals surface area contributed by atoms with Crippen LogP contribution in [0.1, 0.15) is 29.5 Å². The van der Waals surface area contributed by atoms with E-state index in [4.69, 9.17) is 10.5 Å². The van der Waals surface area contributed by atoms with E-state index in [9.17, 15) is 0 Å². The fraction of sp³-hybridized carbons (Fsp3) is 0.120. The van der Waals surface area contributed by atoms with Crippen LogP contribution in [0.2, 0.25) is 0 Å². The van der Waals surface area contributed by atoms with Crippen molar-refractivity contribution >= 4 is 16.5 Å². The molecule has 1 atom stereocenters. The van der Waals surface area contributed by atoms with Crippen LogP contribution in [0.4, 0.5) is 5.69 Å². The van der Waals surface area contributed by atoms with E-state index in [0.29, 0.717) is 12.3 Å². The van der Waals surface area contributed by atoms with Crippen LogP contribution in [0.5, 0.6) is 5.75 Å². The fourth-order valence-corrected chi connectivity index (χ4v) is 3.52. The molecule has 0 spiro atoms. The Hall–Kier alpha value is -3.26. The van der Waals surface area contributed by atoms with Crippen LogP contribution in [0.15, 0.2) is 91.0 Å². The molecule has 0 aliphatic heterocycles. The van der Waals surface area contributed by atoms with Crippen LogP contribution >= 0.6 is 0 Å². The molecule has 0 radical (unpaired) electrons. The standard InChI is InChI=1S/C25H23NO/c1-18(19-9-3-2-4-10-19)23-16-21-12-6-5-11-20(21)15-22(23)17-27-25-14-8-7-13-24(25)26/h2-16,18H,17,26H2,1H3. The van der Waals surface area contributed by atoms with Crippen LogP contribution < -0.4 is 10.5 Å². The largest absolute Gasteiger partial charge is 0.487 e. The summed E-state index contributed by atoms with van der Waals surface area (Å²) < 4.78 is 6.07. The van der Waals surface area contributed by atoms with Gasteiger partial charge in [0.15, 0.2) is 0 Å². The maximum Gasteiger partial charge on any atom is 0.142 e. The van der Waals surface area contributed by atoms with E-state index in [1.807, 2.05) is 24.3 Å². The van der Waals surface area contributed by atoms with Crippen LogP contribution in [-0.4, -0.2) is 0 Å². The molecule has 1 unspecified atom stereocenters. The molecule has 4 rings (SSSR count). The van der Waals surface area contributed by atoms with Gasteiger partial charge in [-0.05, 0) is 45.7 Å². The zero-order valence-electron chi connectivity index (χ0n) is 15.4. The maximum absolute atomic E-state index is 6.07. The number of hydrogen-bond acceptors (Lipinski definition) is 2. The zero-order chi connectivity index (χ0) is 18.6. The van der Waals surface area contributed by atoms with Crippen LogP contribution in [0.25, 0.3) is 10.8 Å². The average Bonchev–Trinajstić information content (AvgIpc) is 2.72. The second-order valence-electron chi connectivity index (χ2n) is 6.86. The minimum absolute atomic E-state index is 0.280. The lowest BCUT2D eigenvalue weighted by atomic mass is 9.88. The molecule has 0 bridgehead atoms. The Bertz CT molecular complexity index is 1060. The van der Waals surface area contributed by atoms with Crippen molar-refractivity contribution in [2.75, 3.05) is 5.73 Å². The first-order valence-corrected chi connectivity index (χ1v) is 9.26. The molecular weight excluding hydrogens is 330 g/mol. The number of hydrogen-bond donors (Lipinski definition) is 1. The molecule has 4 aromatic rings. The summed E-state index contributed by atoms with van der Waals surface area (Å²) >= 11 is 0. The van der Waals surface area contributed by atoms with E-state index in [2.05, 4.69) is 73.7 Å². The quantitative estimate of drug-likeness (QED) is 0.437. The monoisotopic (exact) mass is 353 g/mol. The van der Waals surface area contributed by atoms with Crippen molar-refractivity contribution in [2.24, 2.45) is 0 Å². The number of nitrogens with two attached hydrogens (primary N) is 1. The summed E-state index contributed by atoms with van der Waals surface area (Å²) in [7, 11) is 0. The highest BCUT2D eigenvalue weighted by atomic mass is 16.5. The highest BCUT2D eigenvalue weighted by Crippen LogP contribution is 2.32. The Kier molecular flexibility index (Phi) is 4.80. The highest BCUT2D eigenvalue weighted by Gasteiger charge is 2.15. The third-order valence-electron chi connectivity index (χ3n) is 5.08. The summed E-state index contributed by atoms with van der Waals surface area (Å²) in [5.74, 6) is 1.01. The molecule has 134 valence electrons. The average molecular weight is 353 g/mol. The van der Waals surface area contributed by atoms with Crippen molar-refractivity contribution < 1.29 is 4.74 Å². The molecule has 27 heavy (non-hydrogen) atoms. The summed E-state index contributed by atoms with van der Waals surface area (Å²) in [5, 5.41) is 2.47. The summed E-state index contributed by atoms with van der Waals surface area (Å²) in [4.78, 5) is 0. The van der Waals surface area contributed by atoms with Crippen molar-refractivity contribution in [1.82, 2.24) is 0 Å². The van der Waals surface area contributed by atoms with Crippen molar-refractivity contribution in [2.45, 2.75) is 19.4 Å². The molecule has 2 heteroatoms. The predicted molar refractivity (Wildman–Crippen MR) is 113 cm³/mol. The topological polar surface area (TPSA) is 35.2 Å². The second kappa shape index (κ2) is 7.55. The summed E-state index contributed by atoms with van der Waals surface area (Å²) in [6, 6.07) is 31.2. The zero-order valence-corrected chi connectivity index (χ0v) is 15.4. The Morgan fingerprint density at radius 1 is 0.778 bits per heavy atom. The molecule has 2 nitrogen and oxygen atoms in total. The summed E-state index contributed by atoms with van der Waals surface area (Å²) in [5.41, 5.74) is 10.5. The van der Waals surface area contributed by atoms with Crippen LogP contribution in [0.3, 0.4) is 0 Å². The molecule has 0 saturated carbocycles. The fourth-order valence-electron chi connectivity index (χ4n) is 3.52. The Balaban J connectivity index is 1.74. The number of nitrogen functional groups attached to an aromatic ring is 1. The molecule has 0 amide bonds. The van der Waals surface area contributed by atoms with Gasteiger partial charge >= 0.3 is 0 Å². The number of ether oxygens (including phenoxy) is 1. The molecule has 0 aromatic heterocycles. The smallest absolute Gasteiger partial charge is 0.142 e. The molecule has 0 aliphatic rings. The molecule has 0 aliphatic carbocycles. The third-order valence-corrected chi connectivity index (χ3v) is 5.08. The number of anilines is 1. The van der Waals surface area contributed by atoms with Crippen LogP contribution in [-0.2, 0) is 6.61 Å². The first-order valence-electron chi connectivity index (χ1n) is 9.26. The predicted octanol–water partition coefficient (Wildman–Crippen LogP) is 6.15. The van der Waals surface area contributed by atoms with Gasteiger partial charge in [-0.25, -0.2) is 0 Å². The number of rotatable bonds is 5. The maximum atomic E-state index is 6.07. The first-order chi connectivity index (χ1) is 13.2.